The lowest BCUT2D eigenvalue weighted by Gasteiger charge is -1.96. The summed E-state index contributed by atoms with van der Waals surface area (Å²) in [6.45, 7) is 0. The van der Waals surface area contributed by atoms with Gasteiger partial charge in [-0.3, -0.25) is 0 Å². The summed E-state index contributed by atoms with van der Waals surface area (Å²) in [6.07, 6.45) is 0. The molecule has 2 heterocycles. The highest BCUT2D eigenvalue weighted by Crippen LogP contribution is 2.36. The molecule has 2 aromatic heterocycles. The minimum atomic E-state index is -0.718. The summed E-state index contributed by atoms with van der Waals surface area (Å²) in [5.41, 5.74) is 0.724. The molecule has 6 heteroatoms. The lowest BCUT2D eigenvalue weighted by Crippen LogP contribution is -2.01. The highest BCUT2D eigenvalue weighted by Gasteiger charge is 2.29. The molecule has 0 fully saturated rings. The van der Waals surface area contributed by atoms with E-state index in [1.165, 1.54) is 14.2 Å². The van der Waals surface area contributed by atoms with Gasteiger partial charge in [-0.25, -0.2) is 9.59 Å². The van der Waals surface area contributed by atoms with Gasteiger partial charge in [-0.2, -0.15) is 0 Å². The van der Waals surface area contributed by atoms with E-state index >= 15 is 0 Å². The minimum absolute atomic E-state index is 0.0761. The Kier molecular flexibility index (Phi) is 2.71. The SMILES string of the molecule is COC(=O)c1oc(C(=O)OC)c2c1oc1ccccc12. The van der Waals surface area contributed by atoms with Crippen molar-refractivity contribution in [1.82, 2.24) is 0 Å². The van der Waals surface area contributed by atoms with Gasteiger partial charge in [0, 0.05) is 5.39 Å². The van der Waals surface area contributed by atoms with E-state index in [1.54, 1.807) is 24.3 Å². The summed E-state index contributed by atoms with van der Waals surface area (Å²) < 4.78 is 20.1. The van der Waals surface area contributed by atoms with Crippen molar-refractivity contribution in [1.29, 1.82) is 0 Å². The molecule has 0 saturated heterocycles. The molecule has 0 aliphatic carbocycles. The maximum absolute atomic E-state index is 11.8. The number of hydrogen-bond donors (Lipinski definition) is 0. The minimum Gasteiger partial charge on any atom is -0.463 e. The van der Waals surface area contributed by atoms with Crippen molar-refractivity contribution < 1.29 is 27.9 Å². The van der Waals surface area contributed by atoms with Crippen LogP contribution in [-0.4, -0.2) is 26.2 Å². The number of carbonyl (C=O) groups is 2. The summed E-state index contributed by atoms with van der Waals surface area (Å²) >= 11 is 0. The number of rotatable bonds is 2. The van der Waals surface area contributed by atoms with Crippen molar-refractivity contribution in [3.05, 3.63) is 35.8 Å². The maximum Gasteiger partial charge on any atom is 0.378 e. The number of carbonyl (C=O) groups excluding carboxylic acids is 2. The molecule has 0 unspecified atom stereocenters. The molecule has 0 amide bonds. The zero-order valence-electron chi connectivity index (χ0n) is 10.8. The molecule has 3 aromatic rings. The van der Waals surface area contributed by atoms with E-state index in [0.717, 1.165) is 0 Å². The fourth-order valence-electron chi connectivity index (χ4n) is 2.09. The van der Waals surface area contributed by atoms with E-state index in [9.17, 15) is 9.59 Å². The number of ether oxygens (including phenoxy) is 2. The number of methoxy groups -OCH3 is 2. The van der Waals surface area contributed by atoms with Crippen molar-refractivity contribution in [2.75, 3.05) is 14.2 Å². The molecular weight excluding hydrogens is 264 g/mol. The van der Waals surface area contributed by atoms with Gasteiger partial charge in [-0.1, -0.05) is 18.2 Å². The maximum atomic E-state index is 11.8. The molecule has 0 aliphatic rings. The molecular formula is C14H10O6. The molecule has 102 valence electrons. The van der Waals surface area contributed by atoms with Crippen LogP contribution >= 0.6 is 0 Å². The van der Waals surface area contributed by atoms with Crippen LogP contribution in [0.25, 0.3) is 21.9 Å². The Morgan fingerprint density at radius 1 is 0.950 bits per heavy atom. The standard InChI is InChI=1S/C14H10O6/c1-17-13(15)11-9-7-5-3-4-6-8(7)19-10(9)12(20-11)14(16)18-2/h3-6H,1-2H3. The number of esters is 2. The lowest BCUT2D eigenvalue weighted by atomic mass is 10.1. The van der Waals surface area contributed by atoms with Gasteiger partial charge in [-0.05, 0) is 6.07 Å². The van der Waals surface area contributed by atoms with Crippen molar-refractivity contribution in [2.24, 2.45) is 0 Å². The monoisotopic (exact) mass is 274 g/mol. The molecule has 0 aliphatic heterocycles. The van der Waals surface area contributed by atoms with Crippen LogP contribution in [0, 0.1) is 0 Å². The first kappa shape index (κ1) is 12.3. The molecule has 6 nitrogen and oxygen atoms in total. The summed E-state index contributed by atoms with van der Waals surface area (Å²) in [6, 6.07) is 7.09. The zero-order valence-corrected chi connectivity index (χ0v) is 10.8. The van der Waals surface area contributed by atoms with Crippen LogP contribution in [0.3, 0.4) is 0 Å². The third kappa shape index (κ3) is 1.58. The molecule has 0 radical (unpaired) electrons. The summed E-state index contributed by atoms with van der Waals surface area (Å²) in [5, 5.41) is 1.08. The second-order valence-corrected chi connectivity index (χ2v) is 4.05. The molecule has 1 aromatic carbocycles. The van der Waals surface area contributed by atoms with Gasteiger partial charge in [-0.15, -0.1) is 0 Å². The lowest BCUT2D eigenvalue weighted by molar-refractivity contribution is 0.0533. The van der Waals surface area contributed by atoms with E-state index in [1.807, 2.05) is 0 Å². The van der Waals surface area contributed by atoms with Crippen LogP contribution in [0.2, 0.25) is 0 Å². The topological polar surface area (TPSA) is 78.9 Å². The molecule has 0 saturated carbocycles. The third-order valence-electron chi connectivity index (χ3n) is 2.97. The van der Waals surface area contributed by atoms with Gasteiger partial charge in [0.15, 0.2) is 5.58 Å². The van der Waals surface area contributed by atoms with Crippen LogP contribution in [0.1, 0.15) is 21.1 Å². The van der Waals surface area contributed by atoms with Crippen LogP contribution in [-0.2, 0) is 9.47 Å². The predicted molar refractivity (Wildman–Crippen MR) is 68.7 cm³/mol. The van der Waals surface area contributed by atoms with Crippen LogP contribution < -0.4 is 0 Å². The third-order valence-corrected chi connectivity index (χ3v) is 2.97. The van der Waals surface area contributed by atoms with Gasteiger partial charge in [0.25, 0.3) is 5.76 Å². The van der Waals surface area contributed by atoms with Crippen molar-refractivity contribution in [3.63, 3.8) is 0 Å². The van der Waals surface area contributed by atoms with Crippen molar-refractivity contribution in [3.8, 4) is 0 Å². The Morgan fingerprint density at radius 2 is 1.60 bits per heavy atom. The van der Waals surface area contributed by atoms with Gasteiger partial charge in [0.05, 0.1) is 19.6 Å². The first-order valence-corrected chi connectivity index (χ1v) is 5.78. The molecule has 20 heavy (non-hydrogen) atoms. The first-order valence-electron chi connectivity index (χ1n) is 5.78. The van der Waals surface area contributed by atoms with Gasteiger partial charge in [0.2, 0.25) is 5.76 Å². The Hall–Kier alpha value is -2.76. The largest absolute Gasteiger partial charge is 0.463 e. The Morgan fingerprint density at radius 3 is 2.30 bits per heavy atom. The highest BCUT2D eigenvalue weighted by atomic mass is 16.6. The van der Waals surface area contributed by atoms with Gasteiger partial charge in [0.1, 0.15) is 5.58 Å². The van der Waals surface area contributed by atoms with E-state index in [-0.39, 0.29) is 17.1 Å². The van der Waals surface area contributed by atoms with Crippen LogP contribution in [0.5, 0.6) is 0 Å². The molecule has 0 bridgehead atoms. The molecule has 3 rings (SSSR count). The first-order chi connectivity index (χ1) is 9.67. The van der Waals surface area contributed by atoms with Crippen LogP contribution in [0.15, 0.2) is 33.1 Å². The van der Waals surface area contributed by atoms with Crippen molar-refractivity contribution >= 4 is 33.9 Å². The quantitative estimate of drug-likeness (QED) is 0.668. The number of furan rings is 2. The summed E-state index contributed by atoms with van der Waals surface area (Å²) in [4.78, 5) is 23.5. The fourth-order valence-corrected chi connectivity index (χ4v) is 2.09. The molecule has 0 N–H and O–H groups in total. The average Bonchev–Trinajstić information content (AvgIpc) is 3.02. The number of hydrogen-bond acceptors (Lipinski definition) is 6. The fraction of sp³-hybridized carbons (Fsp3) is 0.143. The number of fused-ring (bicyclic) bond motifs is 3. The van der Waals surface area contributed by atoms with E-state index in [2.05, 4.69) is 9.47 Å². The smallest absolute Gasteiger partial charge is 0.378 e. The van der Waals surface area contributed by atoms with E-state index in [4.69, 9.17) is 8.83 Å². The Bertz CT molecular complexity index is 823. The van der Waals surface area contributed by atoms with E-state index in [0.29, 0.717) is 16.4 Å². The van der Waals surface area contributed by atoms with Crippen molar-refractivity contribution in [2.45, 2.75) is 0 Å². The summed E-state index contributed by atoms with van der Waals surface area (Å²) in [7, 11) is 2.45. The van der Waals surface area contributed by atoms with Crippen LogP contribution in [0.4, 0.5) is 0 Å². The normalized spacial score (nSPS) is 10.9. The number of benzene rings is 1. The predicted octanol–water partition coefficient (Wildman–Crippen LogP) is 2.75. The van der Waals surface area contributed by atoms with Gasteiger partial charge >= 0.3 is 11.9 Å². The Labute approximate surface area is 112 Å². The second-order valence-electron chi connectivity index (χ2n) is 4.05. The highest BCUT2D eigenvalue weighted by molar-refractivity contribution is 6.18. The Balaban J connectivity index is 2.43. The summed E-state index contributed by atoms with van der Waals surface area (Å²) in [5.74, 6) is -1.63. The second kappa shape index (κ2) is 4.41. The van der Waals surface area contributed by atoms with Gasteiger partial charge < -0.3 is 18.3 Å². The zero-order chi connectivity index (χ0) is 14.3. The average molecular weight is 274 g/mol. The molecule has 0 atom stereocenters. The number of para-hydroxylation sites is 1. The van der Waals surface area contributed by atoms with E-state index < -0.39 is 11.9 Å². The molecule has 0 spiro atoms.